The molecule has 2 aromatic rings. The Kier molecular flexibility index (Phi) is 3.49. The van der Waals surface area contributed by atoms with Crippen LogP contribution in [0.15, 0.2) is 12.1 Å². The molecule has 1 aromatic heterocycles. The summed E-state index contributed by atoms with van der Waals surface area (Å²) in [5.41, 5.74) is 2.08. The summed E-state index contributed by atoms with van der Waals surface area (Å²) in [6.07, 6.45) is 0. The van der Waals surface area contributed by atoms with Gasteiger partial charge in [0.25, 0.3) is 5.91 Å². The maximum absolute atomic E-state index is 11.9. The summed E-state index contributed by atoms with van der Waals surface area (Å²) in [5, 5.41) is 19.7. The van der Waals surface area contributed by atoms with Gasteiger partial charge in [0.05, 0.1) is 0 Å². The molecule has 1 heterocycles. The van der Waals surface area contributed by atoms with Crippen LogP contribution in [0.4, 0.5) is 5.69 Å². The number of hydrogen-bond acceptors (Lipinski definition) is 5. The van der Waals surface area contributed by atoms with Gasteiger partial charge >= 0.3 is 0 Å². The molecule has 1 aromatic carbocycles. The monoisotopic (exact) mass is 283 g/mol. The summed E-state index contributed by atoms with van der Waals surface area (Å²) >= 11 is 6.63. The highest BCUT2D eigenvalue weighted by Crippen LogP contribution is 2.25. The highest BCUT2D eigenvalue weighted by Gasteiger charge is 2.14. The molecule has 0 saturated carbocycles. The number of aromatic nitrogens is 2. The highest BCUT2D eigenvalue weighted by atomic mass is 35.5. The van der Waals surface area contributed by atoms with Crippen molar-refractivity contribution in [2.45, 2.75) is 13.8 Å². The van der Waals surface area contributed by atoms with Crippen molar-refractivity contribution in [3.05, 3.63) is 32.7 Å². The van der Waals surface area contributed by atoms with E-state index in [4.69, 9.17) is 11.6 Å². The Morgan fingerprint density at radius 2 is 2.06 bits per heavy atom. The molecule has 5 nitrogen and oxygen atoms in total. The Labute approximate surface area is 112 Å². The average Bonchev–Trinajstić information content (AvgIpc) is 2.73. The van der Waals surface area contributed by atoms with Crippen molar-refractivity contribution in [3.8, 4) is 5.75 Å². The van der Waals surface area contributed by atoms with Crippen molar-refractivity contribution < 1.29 is 9.90 Å². The smallest absolute Gasteiger partial charge is 0.286 e. The van der Waals surface area contributed by atoms with E-state index >= 15 is 0 Å². The zero-order chi connectivity index (χ0) is 13.3. The fraction of sp³-hybridized carbons (Fsp3) is 0.182. The summed E-state index contributed by atoms with van der Waals surface area (Å²) in [6.45, 7) is 3.55. The van der Waals surface area contributed by atoms with Crippen LogP contribution in [-0.4, -0.2) is 21.2 Å². The minimum absolute atomic E-state index is 0.199. The quantitative estimate of drug-likeness (QED) is 0.831. The first kappa shape index (κ1) is 12.8. The Morgan fingerprint density at radius 1 is 1.33 bits per heavy atom. The van der Waals surface area contributed by atoms with Gasteiger partial charge in [-0.25, -0.2) is 0 Å². The number of anilines is 1. The van der Waals surface area contributed by atoms with Crippen LogP contribution in [0.2, 0.25) is 4.47 Å². The van der Waals surface area contributed by atoms with Crippen LogP contribution in [0.5, 0.6) is 5.75 Å². The van der Waals surface area contributed by atoms with E-state index in [1.807, 2.05) is 0 Å². The third kappa shape index (κ3) is 2.60. The van der Waals surface area contributed by atoms with E-state index in [2.05, 4.69) is 15.5 Å². The molecule has 0 fully saturated rings. The van der Waals surface area contributed by atoms with Gasteiger partial charge in [-0.05, 0) is 48.7 Å². The van der Waals surface area contributed by atoms with Crippen molar-refractivity contribution in [1.29, 1.82) is 0 Å². The molecule has 0 saturated heterocycles. The van der Waals surface area contributed by atoms with Crippen LogP contribution < -0.4 is 5.32 Å². The lowest BCUT2D eigenvalue weighted by atomic mass is 10.1. The van der Waals surface area contributed by atoms with Crippen molar-refractivity contribution in [3.63, 3.8) is 0 Å². The molecular weight excluding hydrogens is 274 g/mol. The lowest BCUT2D eigenvalue weighted by molar-refractivity contribution is 0.102. The Morgan fingerprint density at radius 3 is 2.67 bits per heavy atom. The number of aryl methyl sites for hydroxylation is 2. The SMILES string of the molecule is Cc1cc(NC(=O)c2nnc(Cl)s2)c(C)cc1O. The molecule has 7 heteroatoms. The summed E-state index contributed by atoms with van der Waals surface area (Å²) in [6, 6.07) is 3.29. The molecule has 2 N–H and O–H groups in total. The van der Waals surface area contributed by atoms with Gasteiger partial charge in [0.15, 0.2) is 0 Å². The van der Waals surface area contributed by atoms with Crippen molar-refractivity contribution >= 4 is 34.5 Å². The first-order valence-electron chi connectivity index (χ1n) is 5.08. The molecule has 0 radical (unpaired) electrons. The van der Waals surface area contributed by atoms with Gasteiger partial charge in [0.1, 0.15) is 5.75 Å². The lowest BCUT2D eigenvalue weighted by Gasteiger charge is -2.09. The Balaban J connectivity index is 2.24. The lowest BCUT2D eigenvalue weighted by Crippen LogP contribution is -2.12. The van der Waals surface area contributed by atoms with Crippen LogP contribution >= 0.6 is 22.9 Å². The standard InChI is InChI=1S/C11H10ClN3O2S/c1-5-4-8(16)6(2)3-7(5)13-9(17)10-14-15-11(12)18-10/h3-4,16H,1-2H3,(H,13,17). The largest absolute Gasteiger partial charge is 0.508 e. The van der Waals surface area contributed by atoms with E-state index < -0.39 is 0 Å². The molecule has 94 valence electrons. The number of nitrogens with one attached hydrogen (secondary N) is 1. The minimum Gasteiger partial charge on any atom is -0.508 e. The Hall–Kier alpha value is -1.66. The predicted octanol–water partition coefficient (Wildman–Crippen LogP) is 2.77. The third-order valence-electron chi connectivity index (χ3n) is 2.39. The second kappa shape index (κ2) is 4.91. The van der Waals surface area contributed by atoms with E-state index in [9.17, 15) is 9.90 Å². The number of carbonyl (C=O) groups is 1. The number of amides is 1. The topological polar surface area (TPSA) is 75.1 Å². The van der Waals surface area contributed by atoms with Gasteiger partial charge in [0, 0.05) is 5.69 Å². The molecule has 1 amide bonds. The normalized spacial score (nSPS) is 10.4. The van der Waals surface area contributed by atoms with E-state index in [-0.39, 0.29) is 21.1 Å². The molecule has 0 aliphatic heterocycles. The van der Waals surface area contributed by atoms with Crippen molar-refractivity contribution in [1.82, 2.24) is 10.2 Å². The van der Waals surface area contributed by atoms with Gasteiger partial charge in [-0.3, -0.25) is 4.79 Å². The number of hydrogen-bond donors (Lipinski definition) is 2. The molecule has 2 rings (SSSR count). The molecule has 0 atom stereocenters. The summed E-state index contributed by atoms with van der Waals surface area (Å²) < 4.78 is 0.221. The van der Waals surface area contributed by atoms with Crippen LogP contribution in [0.1, 0.15) is 20.9 Å². The van der Waals surface area contributed by atoms with E-state index in [1.165, 1.54) is 0 Å². The maximum Gasteiger partial charge on any atom is 0.286 e. The molecule has 0 bridgehead atoms. The number of halogens is 1. The summed E-state index contributed by atoms with van der Waals surface area (Å²) in [4.78, 5) is 11.9. The molecule has 0 aliphatic carbocycles. The fourth-order valence-corrected chi connectivity index (χ4v) is 2.13. The van der Waals surface area contributed by atoms with E-state index in [1.54, 1.807) is 26.0 Å². The van der Waals surface area contributed by atoms with Gasteiger partial charge in [-0.1, -0.05) is 11.3 Å². The zero-order valence-electron chi connectivity index (χ0n) is 9.69. The second-order valence-corrected chi connectivity index (χ2v) is 5.33. The number of aromatic hydroxyl groups is 1. The highest BCUT2D eigenvalue weighted by molar-refractivity contribution is 7.17. The van der Waals surface area contributed by atoms with Crippen LogP contribution in [-0.2, 0) is 0 Å². The first-order valence-corrected chi connectivity index (χ1v) is 6.27. The number of phenols is 1. The van der Waals surface area contributed by atoms with Gasteiger partial charge < -0.3 is 10.4 Å². The molecule has 18 heavy (non-hydrogen) atoms. The third-order valence-corrected chi connectivity index (χ3v) is 3.40. The summed E-state index contributed by atoms with van der Waals surface area (Å²) in [5.74, 6) is -0.169. The van der Waals surface area contributed by atoms with Gasteiger partial charge in [0.2, 0.25) is 9.47 Å². The molecule has 0 aliphatic rings. The Bertz CT molecular complexity index is 612. The number of carbonyl (C=O) groups excluding carboxylic acids is 1. The van der Waals surface area contributed by atoms with Gasteiger partial charge in [-0.15, -0.1) is 10.2 Å². The molecule has 0 spiro atoms. The van der Waals surface area contributed by atoms with Crippen LogP contribution in [0.3, 0.4) is 0 Å². The zero-order valence-corrected chi connectivity index (χ0v) is 11.3. The van der Waals surface area contributed by atoms with Crippen LogP contribution in [0.25, 0.3) is 0 Å². The van der Waals surface area contributed by atoms with Crippen molar-refractivity contribution in [2.24, 2.45) is 0 Å². The second-order valence-electron chi connectivity index (χ2n) is 3.77. The van der Waals surface area contributed by atoms with Crippen molar-refractivity contribution in [2.75, 3.05) is 5.32 Å². The van der Waals surface area contributed by atoms with E-state index in [0.717, 1.165) is 16.9 Å². The van der Waals surface area contributed by atoms with Gasteiger partial charge in [-0.2, -0.15) is 0 Å². The average molecular weight is 284 g/mol. The predicted molar refractivity (Wildman–Crippen MR) is 70.5 cm³/mol. The first-order chi connectivity index (χ1) is 8.47. The van der Waals surface area contributed by atoms with E-state index in [0.29, 0.717) is 11.3 Å². The summed E-state index contributed by atoms with van der Waals surface area (Å²) in [7, 11) is 0. The van der Waals surface area contributed by atoms with Crippen LogP contribution in [0, 0.1) is 13.8 Å². The number of nitrogens with zero attached hydrogens (tertiary/aromatic N) is 2. The molecule has 0 unspecified atom stereocenters. The number of benzene rings is 1. The number of phenolic OH excluding ortho intramolecular Hbond substituents is 1. The fourth-order valence-electron chi connectivity index (χ4n) is 1.41. The molecular formula is C11H10ClN3O2S. The maximum atomic E-state index is 11.9. The minimum atomic E-state index is -0.368. The number of rotatable bonds is 2.